The van der Waals surface area contributed by atoms with Crippen molar-refractivity contribution in [2.24, 2.45) is 0 Å². The molecule has 0 spiro atoms. The second-order valence-corrected chi connectivity index (χ2v) is 7.98. The number of benzene rings is 1. The quantitative estimate of drug-likeness (QED) is 0.727. The highest BCUT2D eigenvalue weighted by atomic mass is 19.1. The monoisotopic (exact) mass is 429 g/mol. The molecule has 2 atom stereocenters. The highest BCUT2D eigenvalue weighted by Crippen LogP contribution is 2.41. The fourth-order valence-electron chi connectivity index (χ4n) is 4.53. The van der Waals surface area contributed by atoms with Gasteiger partial charge in [-0.1, -0.05) is 0 Å². The molecule has 8 heteroatoms. The van der Waals surface area contributed by atoms with Gasteiger partial charge in [0, 0.05) is 49.7 Å². The van der Waals surface area contributed by atoms with Gasteiger partial charge < -0.3 is 19.1 Å². The van der Waals surface area contributed by atoms with Crippen molar-refractivity contribution in [1.82, 2.24) is 4.98 Å². The molecule has 31 heavy (non-hydrogen) atoms. The molecule has 0 N–H and O–H groups in total. The van der Waals surface area contributed by atoms with Gasteiger partial charge in [0.25, 0.3) is 0 Å². The van der Waals surface area contributed by atoms with Crippen LogP contribution in [0.3, 0.4) is 0 Å². The lowest BCUT2D eigenvalue weighted by Gasteiger charge is -2.30. The van der Waals surface area contributed by atoms with Gasteiger partial charge in [-0.2, -0.15) is 0 Å². The number of ether oxygens (including phenoxy) is 3. The Hall–Kier alpha value is -2.87. The molecule has 0 saturated carbocycles. The third-order valence-electron chi connectivity index (χ3n) is 6.16. The third kappa shape index (κ3) is 4.04. The molecule has 3 heterocycles. The smallest absolute Gasteiger partial charge is 0.229 e. The number of carbonyl (C=O) groups is 1. The van der Waals surface area contributed by atoms with E-state index in [9.17, 15) is 9.18 Å². The number of pyridine rings is 1. The van der Waals surface area contributed by atoms with E-state index in [4.69, 9.17) is 19.2 Å². The van der Waals surface area contributed by atoms with Crippen molar-refractivity contribution in [1.29, 1.82) is 0 Å². The van der Waals surface area contributed by atoms with Gasteiger partial charge in [0.1, 0.15) is 29.0 Å². The van der Waals surface area contributed by atoms with Crippen LogP contribution in [0.1, 0.15) is 30.4 Å². The summed E-state index contributed by atoms with van der Waals surface area (Å²) in [5, 5.41) is 0. The molecule has 0 radical (unpaired) electrons. The molecule has 2 aliphatic rings. The van der Waals surface area contributed by atoms with Crippen LogP contribution in [0, 0.1) is 12.7 Å². The Morgan fingerprint density at radius 3 is 2.35 bits per heavy atom. The van der Waals surface area contributed by atoms with E-state index in [1.165, 1.54) is 13.2 Å². The van der Waals surface area contributed by atoms with Crippen LogP contribution in [0.5, 0.6) is 11.5 Å². The Bertz CT molecular complexity index is 954. The number of halogens is 1. The summed E-state index contributed by atoms with van der Waals surface area (Å²) in [5.41, 5.74) is 1.33. The molecular weight excluding hydrogens is 401 g/mol. The van der Waals surface area contributed by atoms with Crippen LogP contribution < -0.4 is 19.3 Å². The molecule has 1 amide bonds. The largest absolute Gasteiger partial charge is 0.497 e. The molecule has 0 unspecified atom stereocenters. The normalized spacial score (nSPS) is 21.5. The van der Waals surface area contributed by atoms with Gasteiger partial charge in [-0.05, 0) is 31.0 Å². The summed E-state index contributed by atoms with van der Waals surface area (Å²) < 4.78 is 31.0. The Kier molecular flexibility index (Phi) is 6.00. The van der Waals surface area contributed by atoms with E-state index in [1.807, 2.05) is 19.9 Å². The summed E-state index contributed by atoms with van der Waals surface area (Å²) in [7, 11) is 3.11. The molecule has 0 aliphatic carbocycles. The molecule has 1 aromatic heterocycles. The van der Waals surface area contributed by atoms with Gasteiger partial charge in [0.2, 0.25) is 5.91 Å². The van der Waals surface area contributed by atoms with Gasteiger partial charge in [0.05, 0.1) is 27.4 Å². The van der Waals surface area contributed by atoms with Crippen LogP contribution in [-0.2, 0) is 9.53 Å². The summed E-state index contributed by atoms with van der Waals surface area (Å²) >= 11 is 0. The van der Waals surface area contributed by atoms with Crippen LogP contribution in [0.4, 0.5) is 16.0 Å². The number of carbonyl (C=O) groups excluding carboxylic acids is 1. The number of hydrogen-bond acceptors (Lipinski definition) is 6. The van der Waals surface area contributed by atoms with E-state index in [2.05, 4.69) is 4.90 Å². The maximum Gasteiger partial charge on any atom is 0.229 e. The van der Waals surface area contributed by atoms with Crippen molar-refractivity contribution < 1.29 is 23.4 Å². The first-order valence-corrected chi connectivity index (χ1v) is 10.5. The Morgan fingerprint density at radius 1 is 1.06 bits per heavy atom. The third-order valence-corrected chi connectivity index (χ3v) is 6.16. The fraction of sp³-hybridized carbons (Fsp3) is 0.478. The number of aromatic nitrogens is 1. The Balaban J connectivity index is 1.69. The first-order chi connectivity index (χ1) is 14.9. The van der Waals surface area contributed by atoms with E-state index >= 15 is 0 Å². The van der Waals surface area contributed by atoms with Crippen molar-refractivity contribution in [3.63, 3.8) is 0 Å². The highest BCUT2D eigenvalue weighted by Gasteiger charge is 2.41. The number of nitrogens with zero attached hydrogens (tertiary/aromatic N) is 3. The predicted octanol–water partition coefficient (Wildman–Crippen LogP) is 3.29. The summed E-state index contributed by atoms with van der Waals surface area (Å²) in [6.45, 7) is 6.50. The number of hydrogen-bond donors (Lipinski definition) is 0. The minimum atomic E-state index is -0.351. The van der Waals surface area contributed by atoms with E-state index in [-0.39, 0.29) is 30.1 Å². The van der Waals surface area contributed by atoms with Crippen LogP contribution in [0.2, 0.25) is 0 Å². The molecule has 7 nitrogen and oxygen atoms in total. The van der Waals surface area contributed by atoms with Gasteiger partial charge in [0.15, 0.2) is 0 Å². The van der Waals surface area contributed by atoms with Gasteiger partial charge >= 0.3 is 0 Å². The molecule has 2 saturated heterocycles. The average Bonchev–Trinajstić information content (AvgIpc) is 3.06. The van der Waals surface area contributed by atoms with Crippen LogP contribution in [-0.4, -0.2) is 57.5 Å². The topological polar surface area (TPSA) is 64.1 Å². The molecule has 4 rings (SSSR count). The van der Waals surface area contributed by atoms with Crippen molar-refractivity contribution in [3.8, 4) is 11.5 Å². The zero-order valence-electron chi connectivity index (χ0n) is 18.4. The summed E-state index contributed by atoms with van der Waals surface area (Å²) in [4.78, 5) is 21.6. The number of amides is 1. The second-order valence-electron chi connectivity index (χ2n) is 7.98. The molecular formula is C23H28FN3O4. The fourth-order valence-corrected chi connectivity index (χ4v) is 4.53. The molecule has 2 aliphatic heterocycles. The van der Waals surface area contributed by atoms with Crippen molar-refractivity contribution in [2.45, 2.75) is 32.2 Å². The number of methoxy groups -OCH3 is 2. The minimum absolute atomic E-state index is 0.0826. The Morgan fingerprint density at radius 2 is 1.71 bits per heavy atom. The zero-order valence-corrected chi connectivity index (χ0v) is 18.4. The van der Waals surface area contributed by atoms with E-state index < -0.39 is 0 Å². The summed E-state index contributed by atoms with van der Waals surface area (Å²) in [6, 6.07) is 6.55. The van der Waals surface area contributed by atoms with E-state index in [0.717, 1.165) is 24.5 Å². The predicted molar refractivity (Wildman–Crippen MR) is 116 cm³/mol. The lowest BCUT2D eigenvalue weighted by Crippen LogP contribution is -2.38. The summed E-state index contributed by atoms with van der Waals surface area (Å²) in [6.07, 6.45) is 0.219. The van der Waals surface area contributed by atoms with Gasteiger partial charge in [-0.3, -0.25) is 9.69 Å². The maximum absolute atomic E-state index is 14.9. The summed E-state index contributed by atoms with van der Waals surface area (Å²) in [5.74, 6) is 1.65. The van der Waals surface area contributed by atoms with E-state index in [1.54, 1.807) is 24.1 Å². The standard InChI is InChI=1S/C23H28FN3O4/c1-14-9-16(29-3)10-19(24)23(14)18-13-22(28)27(15(18)2)21-12-17(30-4)11-20(25-21)26-5-7-31-8-6-26/h9-12,15,18H,5-8,13H2,1-4H3/t15-,18+/m1/s1. The second kappa shape index (κ2) is 8.70. The van der Waals surface area contributed by atoms with Crippen LogP contribution in [0.15, 0.2) is 24.3 Å². The molecule has 1 aromatic carbocycles. The zero-order chi connectivity index (χ0) is 22.1. The lowest BCUT2D eigenvalue weighted by molar-refractivity contribution is -0.117. The lowest BCUT2D eigenvalue weighted by atomic mass is 9.88. The highest BCUT2D eigenvalue weighted by molar-refractivity contribution is 5.97. The number of anilines is 2. The number of morpholine rings is 1. The SMILES string of the molecule is COc1cc(N2CCOCC2)nc(N2C(=O)C[C@H](c3c(C)cc(OC)cc3F)[C@H]2C)c1. The first-order valence-electron chi connectivity index (χ1n) is 10.5. The first kappa shape index (κ1) is 21.4. The molecule has 2 fully saturated rings. The van der Waals surface area contributed by atoms with Crippen molar-refractivity contribution in [3.05, 3.63) is 41.2 Å². The van der Waals surface area contributed by atoms with Gasteiger partial charge in [-0.15, -0.1) is 0 Å². The van der Waals surface area contributed by atoms with Gasteiger partial charge in [-0.25, -0.2) is 9.37 Å². The molecule has 166 valence electrons. The minimum Gasteiger partial charge on any atom is -0.497 e. The maximum atomic E-state index is 14.9. The average molecular weight is 429 g/mol. The molecule has 2 aromatic rings. The van der Waals surface area contributed by atoms with E-state index in [0.29, 0.717) is 36.1 Å². The van der Waals surface area contributed by atoms with Crippen LogP contribution >= 0.6 is 0 Å². The molecule has 0 bridgehead atoms. The van der Waals surface area contributed by atoms with Crippen molar-refractivity contribution in [2.75, 3.05) is 50.3 Å². The number of aryl methyl sites for hydroxylation is 1. The van der Waals surface area contributed by atoms with Crippen LogP contribution in [0.25, 0.3) is 0 Å². The Labute approximate surface area is 181 Å². The van der Waals surface area contributed by atoms with Crippen molar-refractivity contribution >= 4 is 17.5 Å². The number of rotatable bonds is 5.